The van der Waals surface area contributed by atoms with Crippen LogP contribution in [0.5, 0.6) is 0 Å². The molecule has 1 aliphatic heterocycles. The van der Waals surface area contributed by atoms with Gasteiger partial charge in [0.25, 0.3) is 10.1 Å². The van der Waals surface area contributed by atoms with Gasteiger partial charge in [-0.15, -0.1) is 6.58 Å². The minimum atomic E-state index is -3.90. The number of nitrogens with two attached hydrogens (primary N) is 1. The fourth-order valence-electron chi connectivity index (χ4n) is 3.19. The fourth-order valence-corrected chi connectivity index (χ4v) is 4.29. The van der Waals surface area contributed by atoms with Crippen LogP contribution in [0.1, 0.15) is 64.7 Å². The molecular formula is C19H37NO6S. The zero-order valence-corrected chi connectivity index (χ0v) is 17.5. The second kappa shape index (κ2) is 13.6. The summed E-state index contributed by atoms with van der Waals surface area (Å²) < 4.78 is 44.8. The molecule has 27 heavy (non-hydrogen) atoms. The largest absolute Gasteiger partial charge is 0.378 e. The molecule has 1 aliphatic rings. The van der Waals surface area contributed by atoms with Crippen LogP contribution in [0.25, 0.3) is 0 Å². The normalized spacial score (nSPS) is 22.5. The van der Waals surface area contributed by atoms with E-state index < -0.39 is 21.0 Å². The first kappa shape index (κ1) is 24.5. The Balaban J connectivity index is 2.26. The molecule has 1 fully saturated rings. The van der Waals surface area contributed by atoms with E-state index in [4.69, 9.17) is 20.1 Å². The monoisotopic (exact) mass is 407 g/mol. The van der Waals surface area contributed by atoms with Crippen molar-refractivity contribution in [1.82, 2.24) is 0 Å². The average molecular weight is 408 g/mol. The summed E-state index contributed by atoms with van der Waals surface area (Å²) in [6, 6.07) is 0. The van der Waals surface area contributed by atoms with E-state index in [2.05, 4.69) is 17.8 Å². The highest BCUT2D eigenvalue weighted by Gasteiger charge is 2.56. The van der Waals surface area contributed by atoms with Crippen molar-refractivity contribution < 1.29 is 26.9 Å². The topological polar surface area (TPSA) is 97.1 Å². The molecule has 2 N–H and O–H groups in total. The molecule has 0 spiro atoms. The van der Waals surface area contributed by atoms with Crippen molar-refractivity contribution >= 4 is 10.1 Å². The Morgan fingerprint density at radius 2 is 1.67 bits per heavy atom. The lowest BCUT2D eigenvalue weighted by Gasteiger charge is -2.46. The maximum absolute atomic E-state index is 12.0. The lowest BCUT2D eigenvalue weighted by molar-refractivity contribution is -0.203. The minimum Gasteiger partial charge on any atom is -0.378 e. The number of hydrogen-bond donors (Lipinski definition) is 1. The molecule has 0 aromatic rings. The summed E-state index contributed by atoms with van der Waals surface area (Å²) in [6.07, 6.45) is 12.7. The molecule has 2 unspecified atom stereocenters. The van der Waals surface area contributed by atoms with Crippen LogP contribution in [0.2, 0.25) is 0 Å². The predicted molar refractivity (Wildman–Crippen MR) is 106 cm³/mol. The molecule has 0 bridgehead atoms. The van der Waals surface area contributed by atoms with Crippen molar-refractivity contribution in [2.75, 3.05) is 33.0 Å². The molecule has 1 saturated heterocycles. The summed E-state index contributed by atoms with van der Waals surface area (Å²) in [4.78, 5) is 0. The Labute approximate surface area is 164 Å². The van der Waals surface area contributed by atoms with Crippen LogP contribution in [-0.4, -0.2) is 52.3 Å². The van der Waals surface area contributed by atoms with Gasteiger partial charge in [0.1, 0.15) is 10.9 Å². The predicted octanol–water partition coefficient (Wildman–Crippen LogP) is 3.09. The highest BCUT2D eigenvalue weighted by Crippen LogP contribution is 2.34. The highest BCUT2D eigenvalue weighted by atomic mass is 32.2. The smallest absolute Gasteiger partial charge is 0.291 e. The van der Waals surface area contributed by atoms with Crippen molar-refractivity contribution in [3.63, 3.8) is 0 Å². The average Bonchev–Trinajstić information content (AvgIpc) is 2.63. The van der Waals surface area contributed by atoms with Gasteiger partial charge < -0.3 is 14.2 Å². The third kappa shape index (κ3) is 8.58. The van der Waals surface area contributed by atoms with E-state index in [0.717, 1.165) is 12.8 Å². The Bertz CT molecular complexity index is 498. The highest BCUT2D eigenvalue weighted by molar-refractivity contribution is 7.87. The van der Waals surface area contributed by atoms with Crippen molar-refractivity contribution in [3.05, 3.63) is 12.7 Å². The van der Waals surface area contributed by atoms with Crippen molar-refractivity contribution in [2.45, 2.75) is 75.6 Å². The quantitative estimate of drug-likeness (QED) is 0.212. The van der Waals surface area contributed by atoms with Crippen molar-refractivity contribution in [1.29, 1.82) is 0 Å². The summed E-state index contributed by atoms with van der Waals surface area (Å²) in [5, 5.41) is -0.886. The summed E-state index contributed by atoms with van der Waals surface area (Å²) in [5.41, 5.74) is -1.07. The first-order valence-corrected chi connectivity index (χ1v) is 11.5. The van der Waals surface area contributed by atoms with E-state index >= 15 is 0 Å². The molecule has 1 heterocycles. The number of unbranched alkanes of at least 4 members (excludes halogenated alkanes) is 8. The third-order valence-corrected chi connectivity index (χ3v) is 6.44. The van der Waals surface area contributed by atoms with Gasteiger partial charge in [0.15, 0.2) is 0 Å². The van der Waals surface area contributed by atoms with Gasteiger partial charge in [-0.3, -0.25) is 0 Å². The first-order chi connectivity index (χ1) is 13.0. The molecule has 160 valence electrons. The standard InChI is InChI=1S/C19H37NO6S/c1-3-5-6-7-8-9-10-11-12-14-24-17-19(16-23-13-4-2)18(15-25-19)27(21,22)26-20/h4,18H,2-3,5-17,20H2,1H3. The number of hydrogen-bond acceptors (Lipinski definition) is 7. The van der Waals surface area contributed by atoms with Gasteiger partial charge >= 0.3 is 0 Å². The Morgan fingerprint density at radius 1 is 1.07 bits per heavy atom. The lowest BCUT2D eigenvalue weighted by atomic mass is 9.96. The second-order valence-corrected chi connectivity index (χ2v) is 8.89. The van der Waals surface area contributed by atoms with Gasteiger partial charge in [-0.1, -0.05) is 64.4 Å². The first-order valence-electron chi connectivity index (χ1n) is 10.0. The van der Waals surface area contributed by atoms with Crippen molar-refractivity contribution in [3.8, 4) is 0 Å². The Hall–Kier alpha value is -0.510. The lowest BCUT2D eigenvalue weighted by Crippen LogP contribution is -2.67. The van der Waals surface area contributed by atoms with Crippen LogP contribution < -0.4 is 5.90 Å². The van der Waals surface area contributed by atoms with Crippen LogP contribution in [0.3, 0.4) is 0 Å². The van der Waals surface area contributed by atoms with Crippen LogP contribution in [0.15, 0.2) is 12.7 Å². The molecule has 2 atom stereocenters. The molecule has 1 rings (SSSR count). The van der Waals surface area contributed by atoms with E-state index in [0.29, 0.717) is 13.2 Å². The number of ether oxygens (including phenoxy) is 3. The van der Waals surface area contributed by atoms with E-state index in [1.54, 1.807) is 6.08 Å². The summed E-state index contributed by atoms with van der Waals surface area (Å²) in [6.45, 7) is 6.93. The van der Waals surface area contributed by atoms with E-state index in [1.807, 2.05) is 0 Å². The van der Waals surface area contributed by atoms with Gasteiger partial charge in [0.05, 0.1) is 26.4 Å². The second-order valence-electron chi connectivity index (χ2n) is 7.14. The van der Waals surface area contributed by atoms with Crippen LogP contribution >= 0.6 is 0 Å². The maximum Gasteiger partial charge on any atom is 0.291 e. The number of rotatable bonds is 18. The minimum absolute atomic E-state index is 0.0262. The SMILES string of the molecule is C=CCOCC1(COCCCCCCCCCCC)OCC1S(=O)(=O)ON. The maximum atomic E-state index is 12.0. The van der Waals surface area contributed by atoms with Gasteiger partial charge in [-0.25, -0.2) is 0 Å². The third-order valence-electron chi connectivity index (χ3n) is 4.91. The molecule has 8 heteroatoms. The molecule has 0 saturated carbocycles. The summed E-state index contributed by atoms with van der Waals surface area (Å²) in [5.74, 6) is 4.91. The molecular weight excluding hydrogens is 370 g/mol. The molecule has 0 aliphatic carbocycles. The summed E-state index contributed by atoms with van der Waals surface area (Å²) >= 11 is 0. The molecule has 0 radical (unpaired) electrons. The van der Waals surface area contributed by atoms with Gasteiger partial charge in [-0.2, -0.15) is 18.6 Å². The molecule has 7 nitrogen and oxygen atoms in total. The van der Waals surface area contributed by atoms with Gasteiger partial charge in [-0.05, 0) is 6.42 Å². The van der Waals surface area contributed by atoms with E-state index in [-0.39, 0.29) is 19.8 Å². The van der Waals surface area contributed by atoms with Gasteiger partial charge in [0.2, 0.25) is 0 Å². The van der Waals surface area contributed by atoms with Crippen molar-refractivity contribution in [2.24, 2.45) is 5.90 Å². The zero-order valence-electron chi connectivity index (χ0n) is 16.7. The van der Waals surface area contributed by atoms with Crippen LogP contribution in [-0.2, 0) is 28.6 Å². The Kier molecular flexibility index (Phi) is 12.4. The van der Waals surface area contributed by atoms with E-state index in [1.165, 1.54) is 44.9 Å². The molecule has 0 aromatic heterocycles. The Morgan fingerprint density at radius 3 is 2.19 bits per heavy atom. The molecule has 0 amide bonds. The van der Waals surface area contributed by atoms with Crippen LogP contribution in [0.4, 0.5) is 0 Å². The van der Waals surface area contributed by atoms with E-state index in [9.17, 15) is 8.42 Å². The molecule has 0 aromatic carbocycles. The zero-order chi connectivity index (χ0) is 20.0. The fraction of sp³-hybridized carbons (Fsp3) is 0.895. The summed E-state index contributed by atoms with van der Waals surface area (Å²) in [7, 11) is -3.90. The van der Waals surface area contributed by atoms with Crippen LogP contribution in [0, 0.1) is 0 Å². The van der Waals surface area contributed by atoms with Gasteiger partial charge in [0, 0.05) is 6.61 Å².